The van der Waals surface area contributed by atoms with E-state index in [1.165, 1.54) is 11.8 Å². The molecule has 1 rings (SSSR count). The number of carbonyl (C=O) groups is 1. The molecule has 21 heavy (non-hydrogen) atoms. The van der Waals surface area contributed by atoms with Crippen LogP contribution in [-0.2, 0) is 20.7 Å². The van der Waals surface area contributed by atoms with E-state index in [9.17, 15) is 15.0 Å². The molecule has 0 amide bonds. The second-order valence-corrected chi connectivity index (χ2v) is 5.81. The van der Waals surface area contributed by atoms with E-state index >= 15 is 0 Å². The van der Waals surface area contributed by atoms with Crippen molar-refractivity contribution in [1.29, 1.82) is 0 Å². The highest BCUT2D eigenvalue weighted by molar-refractivity contribution is 8.00. The van der Waals surface area contributed by atoms with Crippen molar-refractivity contribution in [2.24, 2.45) is 0 Å². The Morgan fingerprint density at radius 1 is 1.29 bits per heavy atom. The zero-order chi connectivity index (χ0) is 15.5. The van der Waals surface area contributed by atoms with Crippen molar-refractivity contribution in [1.82, 2.24) is 0 Å². The number of carboxylic acids is 1. The van der Waals surface area contributed by atoms with E-state index < -0.39 is 17.3 Å². The van der Waals surface area contributed by atoms with Gasteiger partial charge in [0.1, 0.15) is 5.25 Å². The lowest BCUT2D eigenvalue weighted by molar-refractivity contribution is -0.136. The summed E-state index contributed by atoms with van der Waals surface area (Å²) in [7, 11) is 1.58. The van der Waals surface area contributed by atoms with Crippen LogP contribution < -0.4 is 0 Å². The highest BCUT2D eigenvalue weighted by Crippen LogP contribution is 2.18. The molecule has 5 nitrogen and oxygen atoms in total. The molecule has 0 saturated carbocycles. The highest BCUT2D eigenvalue weighted by Gasteiger charge is 2.20. The van der Waals surface area contributed by atoms with Gasteiger partial charge in [0.05, 0.1) is 25.9 Å². The van der Waals surface area contributed by atoms with Crippen molar-refractivity contribution in [3.63, 3.8) is 0 Å². The van der Waals surface area contributed by atoms with E-state index in [2.05, 4.69) is 0 Å². The first-order valence-corrected chi connectivity index (χ1v) is 7.81. The Morgan fingerprint density at radius 2 is 2.00 bits per heavy atom. The van der Waals surface area contributed by atoms with Crippen LogP contribution in [0.2, 0.25) is 0 Å². The SMILES string of the molecule is COCCOCC(O)CSC(Cc1ccccc1)C(=O)O. The van der Waals surface area contributed by atoms with Crippen molar-refractivity contribution in [2.75, 3.05) is 32.7 Å². The number of hydrogen-bond donors (Lipinski definition) is 2. The maximum atomic E-state index is 11.3. The monoisotopic (exact) mass is 314 g/mol. The molecule has 2 atom stereocenters. The van der Waals surface area contributed by atoms with E-state index in [4.69, 9.17) is 9.47 Å². The molecule has 2 unspecified atom stereocenters. The number of aliphatic carboxylic acids is 1. The lowest BCUT2D eigenvalue weighted by Gasteiger charge is -2.15. The van der Waals surface area contributed by atoms with Crippen LogP contribution in [0.1, 0.15) is 5.56 Å². The summed E-state index contributed by atoms with van der Waals surface area (Å²) in [6.45, 7) is 1.09. The van der Waals surface area contributed by atoms with E-state index in [0.29, 0.717) is 25.4 Å². The molecule has 0 spiro atoms. The van der Waals surface area contributed by atoms with Crippen molar-refractivity contribution in [3.8, 4) is 0 Å². The van der Waals surface area contributed by atoms with Gasteiger partial charge < -0.3 is 19.7 Å². The highest BCUT2D eigenvalue weighted by atomic mass is 32.2. The first-order chi connectivity index (χ1) is 10.1. The number of aliphatic hydroxyl groups is 1. The molecule has 0 aliphatic rings. The first-order valence-electron chi connectivity index (χ1n) is 6.76. The third-order valence-corrected chi connectivity index (χ3v) is 4.12. The number of aliphatic hydroxyl groups excluding tert-OH is 1. The first kappa shape index (κ1) is 18.0. The van der Waals surface area contributed by atoms with Gasteiger partial charge in [-0.3, -0.25) is 4.79 Å². The summed E-state index contributed by atoms with van der Waals surface area (Å²) in [4.78, 5) is 11.3. The predicted molar refractivity (Wildman–Crippen MR) is 82.7 cm³/mol. The Bertz CT molecular complexity index is 398. The topological polar surface area (TPSA) is 76.0 Å². The number of methoxy groups -OCH3 is 1. The summed E-state index contributed by atoms with van der Waals surface area (Å²) in [5.41, 5.74) is 0.975. The minimum atomic E-state index is -0.864. The number of benzene rings is 1. The number of thioether (sulfide) groups is 1. The minimum absolute atomic E-state index is 0.189. The van der Waals surface area contributed by atoms with Crippen LogP contribution in [0.15, 0.2) is 30.3 Å². The zero-order valence-electron chi connectivity index (χ0n) is 12.1. The van der Waals surface area contributed by atoms with Crippen LogP contribution in [0.3, 0.4) is 0 Å². The third-order valence-electron chi connectivity index (χ3n) is 2.77. The van der Waals surface area contributed by atoms with Crippen molar-refractivity contribution < 1.29 is 24.5 Å². The summed E-state index contributed by atoms with van der Waals surface area (Å²) < 4.78 is 10.0. The second kappa shape index (κ2) is 10.6. The molecular weight excluding hydrogens is 292 g/mol. The van der Waals surface area contributed by atoms with Crippen LogP contribution in [0.25, 0.3) is 0 Å². The predicted octanol–water partition coefficient (Wildman–Crippen LogP) is 1.44. The van der Waals surface area contributed by atoms with Gasteiger partial charge in [-0.25, -0.2) is 0 Å². The average molecular weight is 314 g/mol. The fraction of sp³-hybridized carbons (Fsp3) is 0.533. The number of carboxylic acid groups (broad SMARTS) is 1. The quantitative estimate of drug-likeness (QED) is 0.602. The summed E-state index contributed by atoms with van der Waals surface area (Å²) in [5, 5.41) is 18.4. The minimum Gasteiger partial charge on any atom is -0.480 e. The molecule has 0 fully saturated rings. The van der Waals surface area contributed by atoms with Crippen molar-refractivity contribution >= 4 is 17.7 Å². The lowest BCUT2D eigenvalue weighted by atomic mass is 10.1. The van der Waals surface area contributed by atoms with E-state index in [1.807, 2.05) is 30.3 Å². The normalized spacial score (nSPS) is 13.8. The van der Waals surface area contributed by atoms with Gasteiger partial charge in [0, 0.05) is 12.9 Å². The van der Waals surface area contributed by atoms with Crippen molar-refractivity contribution in [2.45, 2.75) is 17.8 Å². The Labute approximate surface area is 129 Å². The van der Waals surface area contributed by atoms with E-state index in [1.54, 1.807) is 7.11 Å². The average Bonchev–Trinajstić information content (AvgIpc) is 2.48. The van der Waals surface area contributed by atoms with Crippen LogP contribution in [0, 0.1) is 0 Å². The summed E-state index contributed by atoms with van der Waals surface area (Å²) in [5.74, 6) is -0.534. The summed E-state index contributed by atoms with van der Waals surface area (Å²) in [6, 6.07) is 9.48. The fourth-order valence-corrected chi connectivity index (χ4v) is 2.69. The van der Waals surface area contributed by atoms with Crippen LogP contribution >= 0.6 is 11.8 Å². The van der Waals surface area contributed by atoms with Gasteiger partial charge in [0.15, 0.2) is 0 Å². The lowest BCUT2D eigenvalue weighted by Crippen LogP contribution is -2.25. The number of ether oxygens (including phenoxy) is 2. The maximum absolute atomic E-state index is 11.3. The molecule has 1 aromatic carbocycles. The maximum Gasteiger partial charge on any atom is 0.316 e. The van der Waals surface area contributed by atoms with Crippen molar-refractivity contribution in [3.05, 3.63) is 35.9 Å². The standard InChI is InChI=1S/C15H22O5S/c1-19-7-8-20-10-13(16)11-21-14(15(17)18)9-12-5-3-2-4-6-12/h2-6,13-14,16H,7-11H2,1H3,(H,17,18). The van der Waals surface area contributed by atoms with Crippen LogP contribution in [0.5, 0.6) is 0 Å². The second-order valence-electron chi connectivity index (χ2n) is 4.57. The van der Waals surface area contributed by atoms with Gasteiger partial charge in [0.2, 0.25) is 0 Å². The molecule has 118 valence electrons. The number of rotatable bonds is 11. The Morgan fingerprint density at radius 3 is 2.62 bits per heavy atom. The Hall–Kier alpha value is -1.08. The van der Waals surface area contributed by atoms with Gasteiger partial charge in [0.25, 0.3) is 0 Å². The fourth-order valence-electron chi connectivity index (χ4n) is 1.68. The molecule has 0 bridgehead atoms. The van der Waals surface area contributed by atoms with Gasteiger partial charge in [-0.2, -0.15) is 0 Å². The van der Waals surface area contributed by atoms with E-state index in [-0.39, 0.29) is 6.61 Å². The molecule has 2 N–H and O–H groups in total. The van der Waals surface area contributed by atoms with Gasteiger partial charge in [-0.15, -0.1) is 11.8 Å². The Kier molecular flexibility index (Phi) is 9.09. The molecule has 0 aromatic heterocycles. The molecule has 6 heteroatoms. The molecule has 1 aromatic rings. The molecule has 0 heterocycles. The van der Waals surface area contributed by atoms with Crippen LogP contribution in [0.4, 0.5) is 0 Å². The number of hydrogen-bond acceptors (Lipinski definition) is 5. The summed E-state index contributed by atoms with van der Waals surface area (Å²) in [6.07, 6.45) is -0.234. The molecule has 0 aliphatic heterocycles. The zero-order valence-corrected chi connectivity index (χ0v) is 12.9. The largest absolute Gasteiger partial charge is 0.480 e. The molecular formula is C15H22O5S. The van der Waals surface area contributed by atoms with E-state index in [0.717, 1.165) is 5.56 Å². The Balaban J connectivity index is 2.32. The third kappa shape index (κ3) is 8.06. The van der Waals surface area contributed by atoms with Gasteiger partial charge >= 0.3 is 5.97 Å². The van der Waals surface area contributed by atoms with Gasteiger partial charge in [-0.1, -0.05) is 30.3 Å². The summed E-state index contributed by atoms with van der Waals surface area (Å²) >= 11 is 1.24. The molecule has 0 saturated heterocycles. The smallest absolute Gasteiger partial charge is 0.316 e. The molecule has 0 radical (unpaired) electrons. The molecule has 0 aliphatic carbocycles. The van der Waals surface area contributed by atoms with Gasteiger partial charge in [-0.05, 0) is 12.0 Å². The van der Waals surface area contributed by atoms with Crippen LogP contribution in [-0.4, -0.2) is 60.2 Å².